The second-order valence-corrected chi connectivity index (χ2v) is 7.46. The minimum absolute atomic E-state index is 0.0121. The van der Waals surface area contributed by atoms with Crippen molar-refractivity contribution in [3.05, 3.63) is 59.7 Å². The number of aliphatic carboxylic acids is 1. The normalized spacial score (nSPS) is 13.7. The number of ether oxygens (including phenoxy) is 3. The van der Waals surface area contributed by atoms with Gasteiger partial charge < -0.3 is 24.6 Å². The lowest BCUT2D eigenvalue weighted by Gasteiger charge is -2.19. The molecule has 0 aliphatic heterocycles. The fraction of sp³-hybridized carbons (Fsp3) is 0.333. The predicted octanol–water partition coefficient (Wildman–Crippen LogP) is 1.67. The van der Waals surface area contributed by atoms with Crippen LogP contribution in [0.4, 0.5) is 4.79 Å². The first kappa shape index (κ1) is 24.7. The number of methoxy groups -OCH3 is 1. The standard InChI is InChI=1S/C24H26N2O8/c1-3-33-23(30)20(21(27)25-12-19(32-2)22(28)29)26-24(31)34-13-18-16-10-6-4-8-14(16)15-9-5-7-11-17(15)18/h4-11,18-20H,3,12-13H2,1-2H3,(H,25,27)(H,26,31)(H,28,29). The van der Waals surface area contributed by atoms with Crippen molar-refractivity contribution in [1.29, 1.82) is 0 Å². The number of amides is 2. The molecule has 2 aromatic rings. The third kappa shape index (κ3) is 5.52. The van der Waals surface area contributed by atoms with Crippen LogP contribution in [0.3, 0.4) is 0 Å². The first-order valence-electron chi connectivity index (χ1n) is 10.7. The van der Waals surface area contributed by atoms with Crippen LogP contribution in [0.1, 0.15) is 24.0 Å². The Bertz CT molecular complexity index is 1020. The van der Waals surface area contributed by atoms with Crippen LogP contribution < -0.4 is 10.6 Å². The number of carboxylic acids is 1. The van der Waals surface area contributed by atoms with Gasteiger partial charge in [-0.25, -0.2) is 14.4 Å². The number of hydrogen-bond acceptors (Lipinski definition) is 7. The molecule has 0 heterocycles. The summed E-state index contributed by atoms with van der Waals surface area (Å²) in [6.07, 6.45) is -2.31. The maximum atomic E-state index is 12.5. The van der Waals surface area contributed by atoms with E-state index < -0.39 is 42.6 Å². The van der Waals surface area contributed by atoms with Crippen molar-refractivity contribution < 1.29 is 38.5 Å². The van der Waals surface area contributed by atoms with Gasteiger partial charge in [-0.1, -0.05) is 48.5 Å². The summed E-state index contributed by atoms with van der Waals surface area (Å²) < 4.78 is 15.0. The smallest absolute Gasteiger partial charge is 0.408 e. The van der Waals surface area contributed by atoms with Crippen LogP contribution in [-0.2, 0) is 28.6 Å². The van der Waals surface area contributed by atoms with E-state index in [9.17, 15) is 19.2 Å². The van der Waals surface area contributed by atoms with Gasteiger partial charge in [0.1, 0.15) is 6.61 Å². The van der Waals surface area contributed by atoms with Crippen LogP contribution in [0.15, 0.2) is 48.5 Å². The molecule has 10 nitrogen and oxygen atoms in total. The van der Waals surface area contributed by atoms with E-state index in [0.29, 0.717) is 0 Å². The summed E-state index contributed by atoms with van der Waals surface area (Å²) in [5.41, 5.74) is 4.13. The van der Waals surface area contributed by atoms with E-state index in [1.807, 2.05) is 48.5 Å². The molecule has 2 unspecified atom stereocenters. The molecular formula is C24H26N2O8. The molecular weight excluding hydrogens is 444 g/mol. The highest BCUT2D eigenvalue weighted by atomic mass is 16.6. The van der Waals surface area contributed by atoms with Gasteiger partial charge in [-0.2, -0.15) is 0 Å². The summed E-state index contributed by atoms with van der Waals surface area (Å²) in [5, 5.41) is 13.5. The second-order valence-electron chi connectivity index (χ2n) is 7.46. The maximum absolute atomic E-state index is 12.5. The molecule has 180 valence electrons. The fourth-order valence-corrected chi connectivity index (χ4v) is 3.78. The van der Waals surface area contributed by atoms with Gasteiger partial charge in [0, 0.05) is 13.0 Å². The average Bonchev–Trinajstić information content (AvgIpc) is 3.15. The molecule has 1 aliphatic carbocycles. The lowest BCUT2D eigenvalue weighted by molar-refractivity contribution is -0.149. The summed E-state index contributed by atoms with van der Waals surface area (Å²) in [7, 11) is 1.17. The highest BCUT2D eigenvalue weighted by Gasteiger charge is 2.33. The van der Waals surface area contributed by atoms with Gasteiger partial charge in [-0.15, -0.1) is 0 Å². The van der Waals surface area contributed by atoms with Gasteiger partial charge in [0.15, 0.2) is 6.10 Å². The predicted molar refractivity (Wildman–Crippen MR) is 120 cm³/mol. The molecule has 3 rings (SSSR count). The summed E-state index contributed by atoms with van der Waals surface area (Å²) in [4.78, 5) is 48.3. The lowest BCUT2D eigenvalue weighted by Crippen LogP contribution is -2.54. The fourth-order valence-electron chi connectivity index (χ4n) is 3.78. The number of carbonyl (C=O) groups is 4. The molecule has 2 aromatic carbocycles. The highest BCUT2D eigenvalue weighted by Crippen LogP contribution is 2.44. The van der Waals surface area contributed by atoms with Crippen molar-refractivity contribution in [3.8, 4) is 11.1 Å². The van der Waals surface area contributed by atoms with E-state index >= 15 is 0 Å². The molecule has 0 saturated heterocycles. The van der Waals surface area contributed by atoms with E-state index in [1.165, 1.54) is 7.11 Å². The first-order valence-corrected chi connectivity index (χ1v) is 10.7. The van der Waals surface area contributed by atoms with Crippen molar-refractivity contribution in [2.24, 2.45) is 0 Å². The largest absolute Gasteiger partial charge is 0.479 e. The van der Waals surface area contributed by atoms with Crippen molar-refractivity contribution >= 4 is 23.9 Å². The number of benzene rings is 2. The molecule has 3 N–H and O–H groups in total. The van der Waals surface area contributed by atoms with Crippen molar-refractivity contribution in [2.45, 2.75) is 25.0 Å². The number of esters is 1. The molecule has 0 saturated carbocycles. The Kier molecular flexibility index (Phi) is 8.20. The third-order valence-electron chi connectivity index (χ3n) is 5.41. The van der Waals surface area contributed by atoms with Gasteiger partial charge >= 0.3 is 18.0 Å². The van der Waals surface area contributed by atoms with Crippen molar-refractivity contribution in [2.75, 3.05) is 26.9 Å². The molecule has 0 fully saturated rings. The summed E-state index contributed by atoms with van der Waals surface area (Å²) in [6, 6.07) is 13.9. The van der Waals surface area contributed by atoms with E-state index in [2.05, 4.69) is 10.6 Å². The molecule has 0 bridgehead atoms. The van der Waals surface area contributed by atoms with Gasteiger partial charge in [-0.3, -0.25) is 10.1 Å². The lowest BCUT2D eigenvalue weighted by atomic mass is 9.98. The zero-order chi connectivity index (χ0) is 24.7. The van der Waals surface area contributed by atoms with Crippen LogP contribution in [-0.4, -0.2) is 68.1 Å². The summed E-state index contributed by atoms with van der Waals surface area (Å²) in [6.45, 7) is 1.10. The van der Waals surface area contributed by atoms with Crippen LogP contribution in [0.2, 0.25) is 0 Å². The SMILES string of the molecule is CCOC(=O)C(NC(=O)OCC1c2ccccc2-c2ccccc21)C(=O)NCC(OC)C(=O)O. The Morgan fingerprint density at radius 1 is 0.971 bits per heavy atom. The first-order chi connectivity index (χ1) is 16.4. The van der Waals surface area contributed by atoms with Crippen LogP contribution in [0, 0.1) is 0 Å². The van der Waals surface area contributed by atoms with Gasteiger partial charge in [-0.05, 0) is 29.2 Å². The Hall–Kier alpha value is -3.92. The average molecular weight is 470 g/mol. The van der Waals surface area contributed by atoms with E-state index in [-0.39, 0.29) is 19.1 Å². The van der Waals surface area contributed by atoms with Crippen molar-refractivity contribution in [3.63, 3.8) is 0 Å². The third-order valence-corrected chi connectivity index (χ3v) is 5.41. The number of nitrogens with one attached hydrogen (secondary N) is 2. The number of carbonyl (C=O) groups excluding carboxylic acids is 3. The molecule has 0 spiro atoms. The van der Waals surface area contributed by atoms with Gasteiger partial charge in [0.05, 0.1) is 13.2 Å². The Labute approximate surface area is 196 Å². The van der Waals surface area contributed by atoms with E-state index in [1.54, 1.807) is 6.92 Å². The number of hydrogen-bond donors (Lipinski definition) is 3. The van der Waals surface area contributed by atoms with Crippen LogP contribution in [0.25, 0.3) is 11.1 Å². The highest BCUT2D eigenvalue weighted by molar-refractivity contribution is 6.04. The quantitative estimate of drug-likeness (QED) is 0.352. The van der Waals surface area contributed by atoms with Gasteiger partial charge in [0.25, 0.3) is 5.91 Å². The zero-order valence-electron chi connectivity index (χ0n) is 18.8. The number of carboxylic acid groups (broad SMARTS) is 1. The topological polar surface area (TPSA) is 140 Å². The minimum Gasteiger partial charge on any atom is -0.479 e. The van der Waals surface area contributed by atoms with Crippen LogP contribution >= 0.6 is 0 Å². The molecule has 34 heavy (non-hydrogen) atoms. The van der Waals surface area contributed by atoms with Crippen LogP contribution in [0.5, 0.6) is 0 Å². The molecule has 0 aromatic heterocycles. The molecule has 10 heteroatoms. The Morgan fingerprint density at radius 3 is 2.09 bits per heavy atom. The summed E-state index contributed by atoms with van der Waals surface area (Å²) >= 11 is 0. The van der Waals surface area contributed by atoms with E-state index in [4.69, 9.17) is 19.3 Å². The number of fused-ring (bicyclic) bond motifs is 3. The Balaban J connectivity index is 1.66. The Morgan fingerprint density at radius 2 is 1.56 bits per heavy atom. The summed E-state index contributed by atoms with van der Waals surface area (Å²) in [5.74, 6) is -3.45. The number of rotatable bonds is 10. The monoisotopic (exact) mass is 470 g/mol. The molecule has 0 radical (unpaired) electrons. The zero-order valence-corrected chi connectivity index (χ0v) is 18.8. The van der Waals surface area contributed by atoms with E-state index in [0.717, 1.165) is 22.3 Å². The second kappa shape index (κ2) is 11.3. The molecule has 1 aliphatic rings. The molecule has 2 amide bonds. The van der Waals surface area contributed by atoms with Crippen molar-refractivity contribution in [1.82, 2.24) is 10.6 Å². The number of alkyl carbamates (subject to hydrolysis) is 1. The minimum atomic E-state index is -1.72. The maximum Gasteiger partial charge on any atom is 0.408 e. The van der Waals surface area contributed by atoms with Gasteiger partial charge in [0.2, 0.25) is 6.04 Å². The molecule has 2 atom stereocenters.